The number of hydrogen-bond acceptors (Lipinski definition) is 3. The van der Waals surface area contributed by atoms with E-state index in [4.69, 9.17) is 4.52 Å². The molecule has 18 heavy (non-hydrogen) atoms. The molecule has 3 rings (SSSR count). The largest absolute Gasteiger partial charge is 0.356 e. The van der Waals surface area contributed by atoms with Gasteiger partial charge in [-0.25, -0.2) is 0 Å². The monoisotopic (exact) mass is 244 g/mol. The predicted molar refractivity (Wildman–Crippen MR) is 72.4 cm³/mol. The molecule has 1 aromatic heterocycles. The van der Waals surface area contributed by atoms with Gasteiger partial charge in [-0.05, 0) is 50.5 Å². The summed E-state index contributed by atoms with van der Waals surface area (Å²) in [6, 6.07) is 4.44. The molecule has 3 heteroatoms. The standard InChI is InChI=1S/C15H20N2O/c1-5-13-12-6-10-8-17(15(2,3)4)9-11(10)7-14(12)18-16-13/h6-7H,5,8-9H2,1-4H3. The van der Waals surface area contributed by atoms with Crippen LogP contribution >= 0.6 is 0 Å². The van der Waals surface area contributed by atoms with Gasteiger partial charge in [-0.3, -0.25) is 4.90 Å². The number of hydrogen-bond donors (Lipinski definition) is 0. The summed E-state index contributed by atoms with van der Waals surface area (Å²) in [5, 5.41) is 5.32. The van der Waals surface area contributed by atoms with E-state index >= 15 is 0 Å². The van der Waals surface area contributed by atoms with Crippen LogP contribution < -0.4 is 0 Å². The van der Waals surface area contributed by atoms with Crippen molar-refractivity contribution >= 4 is 11.0 Å². The fraction of sp³-hybridized carbons (Fsp3) is 0.533. The summed E-state index contributed by atoms with van der Waals surface area (Å²) < 4.78 is 5.42. The van der Waals surface area contributed by atoms with Crippen LogP contribution in [0.2, 0.25) is 0 Å². The molecule has 0 spiro atoms. The highest BCUT2D eigenvalue weighted by atomic mass is 16.5. The van der Waals surface area contributed by atoms with E-state index in [1.54, 1.807) is 0 Å². The van der Waals surface area contributed by atoms with E-state index in [9.17, 15) is 0 Å². The van der Waals surface area contributed by atoms with E-state index in [1.165, 1.54) is 16.5 Å². The minimum Gasteiger partial charge on any atom is -0.356 e. The molecule has 0 radical (unpaired) electrons. The summed E-state index contributed by atoms with van der Waals surface area (Å²) in [4.78, 5) is 2.50. The quantitative estimate of drug-likeness (QED) is 0.768. The number of fused-ring (bicyclic) bond motifs is 2. The lowest BCUT2D eigenvalue weighted by atomic mass is 10.1. The van der Waals surface area contributed by atoms with Crippen LogP contribution in [-0.2, 0) is 19.5 Å². The molecule has 1 aliphatic rings. The fourth-order valence-corrected chi connectivity index (χ4v) is 2.61. The SMILES string of the molecule is CCc1noc2cc3c(cc12)CN(C(C)(C)C)C3. The van der Waals surface area contributed by atoms with E-state index in [1.807, 2.05) is 0 Å². The second-order valence-corrected chi connectivity index (χ2v) is 6.13. The smallest absolute Gasteiger partial charge is 0.167 e. The zero-order valence-corrected chi connectivity index (χ0v) is 11.6. The molecule has 1 aliphatic heterocycles. The van der Waals surface area contributed by atoms with Crippen LogP contribution in [0.1, 0.15) is 44.5 Å². The van der Waals surface area contributed by atoms with Crippen molar-refractivity contribution in [2.75, 3.05) is 0 Å². The number of nitrogens with zero attached hydrogens (tertiary/aromatic N) is 2. The zero-order valence-electron chi connectivity index (χ0n) is 11.6. The van der Waals surface area contributed by atoms with Crippen molar-refractivity contribution in [3.63, 3.8) is 0 Å². The molecule has 0 aliphatic carbocycles. The number of aromatic nitrogens is 1. The lowest BCUT2D eigenvalue weighted by Gasteiger charge is -2.31. The van der Waals surface area contributed by atoms with Crippen LogP contribution in [0.25, 0.3) is 11.0 Å². The molecule has 96 valence electrons. The second kappa shape index (κ2) is 3.82. The van der Waals surface area contributed by atoms with Crippen LogP contribution in [0.4, 0.5) is 0 Å². The lowest BCUT2D eigenvalue weighted by Crippen LogP contribution is -2.36. The Morgan fingerprint density at radius 2 is 1.89 bits per heavy atom. The van der Waals surface area contributed by atoms with Crippen LogP contribution in [0, 0.1) is 0 Å². The van der Waals surface area contributed by atoms with Gasteiger partial charge in [0.2, 0.25) is 0 Å². The van der Waals surface area contributed by atoms with Crippen molar-refractivity contribution in [3.05, 3.63) is 29.0 Å². The van der Waals surface area contributed by atoms with Crippen molar-refractivity contribution < 1.29 is 4.52 Å². The molecule has 0 unspecified atom stereocenters. The Bertz CT molecular complexity index is 592. The van der Waals surface area contributed by atoms with Crippen molar-refractivity contribution in [3.8, 4) is 0 Å². The minimum atomic E-state index is 0.214. The van der Waals surface area contributed by atoms with Gasteiger partial charge in [-0.1, -0.05) is 12.1 Å². The summed E-state index contributed by atoms with van der Waals surface area (Å²) in [5.74, 6) is 0. The first-order valence-electron chi connectivity index (χ1n) is 6.64. The normalized spacial score (nSPS) is 16.4. The highest BCUT2D eigenvalue weighted by Crippen LogP contribution is 2.33. The van der Waals surface area contributed by atoms with Gasteiger partial charge in [0, 0.05) is 24.0 Å². The third-order valence-electron chi connectivity index (χ3n) is 3.87. The summed E-state index contributed by atoms with van der Waals surface area (Å²) in [7, 11) is 0. The predicted octanol–water partition coefficient (Wildman–Crippen LogP) is 3.50. The number of aryl methyl sites for hydroxylation is 1. The summed E-state index contributed by atoms with van der Waals surface area (Å²) in [6.07, 6.45) is 0.925. The molecule has 0 saturated heterocycles. The van der Waals surface area contributed by atoms with Crippen molar-refractivity contribution in [1.82, 2.24) is 10.1 Å². The van der Waals surface area contributed by atoms with Crippen molar-refractivity contribution in [2.45, 2.75) is 52.7 Å². The topological polar surface area (TPSA) is 29.3 Å². The van der Waals surface area contributed by atoms with Gasteiger partial charge in [0.25, 0.3) is 0 Å². The Morgan fingerprint density at radius 3 is 2.50 bits per heavy atom. The molecule has 0 bridgehead atoms. The van der Waals surface area contributed by atoms with Gasteiger partial charge in [0.15, 0.2) is 5.58 Å². The first kappa shape index (κ1) is 11.7. The fourth-order valence-electron chi connectivity index (χ4n) is 2.61. The number of benzene rings is 1. The molecular weight excluding hydrogens is 224 g/mol. The first-order valence-corrected chi connectivity index (χ1v) is 6.64. The molecule has 1 aromatic carbocycles. The van der Waals surface area contributed by atoms with Crippen LogP contribution in [-0.4, -0.2) is 15.6 Å². The molecule has 0 atom stereocenters. The van der Waals surface area contributed by atoms with Gasteiger partial charge in [0.1, 0.15) is 0 Å². The van der Waals surface area contributed by atoms with E-state index in [0.717, 1.165) is 30.8 Å². The highest BCUT2D eigenvalue weighted by molar-refractivity contribution is 5.81. The van der Waals surface area contributed by atoms with Gasteiger partial charge in [-0.2, -0.15) is 0 Å². The van der Waals surface area contributed by atoms with Crippen LogP contribution in [0.15, 0.2) is 16.7 Å². The third kappa shape index (κ3) is 1.74. The maximum atomic E-state index is 5.42. The molecule has 2 aromatic rings. The molecule has 3 nitrogen and oxygen atoms in total. The van der Waals surface area contributed by atoms with Crippen LogP contribution in [0.3, 0.4) is 0 Å². The van der Waals surface area contributed by atoms with Gasteiger partial charge >= 0.3 is 0 Å². The second-order valence-electron chi connectivity index (χ2n) is 6.13. The average Bonchev–Trinajstić information content (AvgIpc) is 2.87. The van der Waals surface area contributed by atoms with E-state index < -0.39 is 0 Å². The molecule has 0 fully saturated rings. The Balaban J connectivity index is 2.04. The molecule has 2 heterocycles. The summed E-state index contributed by atoms with van der Waals surface area (Å²) >= 11 is 0. The van der Waals surface area contributed by atoms with E-state index in [-0.39, 0.29) is 5.54 Å². The maximum absolute atomic E-state index is 5.42. The van der Waals surface area contributed by atoms with Gasteiger partial charge in [-0.15, -0.1) is 0 Å². The lowest BCUT2D eigenvalue weighted by molar-refractivity contribution is 0.136. The van der Waals surface area contributed by atoms with E-state index in [0.29, 0.717) is 0 Å². The minimum absolute atomic E-state index is 0.214. The molecule has 0 amide bonds. The number of rotatable bonds is 1. The van der Waals surface area contributed by atoms with Crippen molar-refractivity contribution in [1.29, 1.82) is 0 Å². The molecular formula is C15H20N2O. The molecule has 0 N–H and O–H groups in total. The zero-order chi connectivity index (χ0) is 12.9. The Labute approximate surface area is 108 Å². The third-order valence-corrected chi connectivity index (χ3v) is 3.87. The maximum Gasteiger partial charge on any atom is 0.167 e. The van der Waals surface area contributed by atoms with Crippen LogP contribution in [0.5, 0.6) is 0 Å². The van der Waals surface area contributed by atoms with Crippen molar-refractivity contribution in [2.24, 2.45) is 0 Å². The van der Waals surface area contributed by atoms with E-state index in [2.05, 4.69) is 49.9 Å². The Morgan fingerprint density at radius 1 is 1.22 bits per heavy atom. The Kier molecular flexibility index (Phi) is 2.49. The van der Waals surface area contributed by atoms with Gasteiger partial charge < -0.3 is 4.52 Å². The highest BCUT2D eigenvalue weighted by Gasteiger charge is 2.28. The average molecular weight is 244 g/mol. The first-order chi connectivity index (χ1) is 8.49. The Hall–Kier alpha value is -1.35. The summed E-state index contributed by atoms with van der Waals surface area (Å²) in [5.41, 5.74) is 5.03. The molecule has 0 saturated carbocycles. The summed E-state index contributed by atoms with van der Waals surface area (Å²) in [6.45, 7) is 11.0. The van der Waals surface area contributed by atoms with Gasteiger partial charge in [0.05, 0.1) is 5.69 Å².